The van der Waals surface area contributed by atoms with Crippen LogP contribution in [0.15, 0.2) is 77.0 Å². The van der Waals surface area contributed by atoms with Crippen molar-refractivity contribution >= 4 is 18.2 Å². The monoisotopic (exact) mass is 382 g/mol. The molecule has 1 aliphatic rings. The van der Waals surface area contributed by atoms with E-state index < -0.39 is 0 Å². The molecule has 154 valence electrons. The standard InChI is InChI=1S/C13H15NO.C8H11N.2C2H6/c1-2-14-13(10-6-7-11-15)12-8-4-3-5-9-12;1-7-3-5-8(9-2)6-4-7;2*1-2/h2,4,6-11H,3,5H2,1H3;3-6,9H,1-2H3;2*1-2H3/b7-6+,13-10-,14-2?;;;. The molecule has 0 radical (unpaired) electrons. The SMILES string of the molecule is CC.CC.CC=N/C(=C\C=C\C=O)C1=CCCC=C1.CNc1ccc(C)cc1. The normalized spacial score (nSPS) is 12.7. The smallest absolute Gasteiger partial charge is 0.142 e. The Labute approximate surface area is 172 Å². The molecule has 0 saturated carbocycles. The van der Waals surface area contributed by atoms with E-state index in [-0.39, 0.29) is 0 Å². The van der Waals surface area contributed by atoms with Crippen LogP contribution in [0.4, 0.5) is 5.69 Å². The summed E-state index contributed by atoms with van der Waals surface area (Å²) >= 11 is 0. The van der Waals surface area contributed by atoms with Gasteiger partial charge in [0, 0.05) is 18.9 Å². The third kappa shape index (κ3) is 13.5. The number of carbonyl (C=O) groups excluding carboxylic acids is 1. The van der Waals surface area contributed by atoms with Gasteiger partial charge in [-0.15, -0.1) is 0 Å². The van der Waals surface area contributed by atoms with Crippen LogP contribution >= 0.6 is 0 Å². The predicted molar refractivity (Wildman–Crippen MR) is 127 cm³/mol. The molecule has 1 aromatic rings. The van der Waals surface area contributed by atoms with Crippen molar-refractivity contribution in [2.45, 2.75) is 54.4 Å². The first-order valence-electron chi connectivity index (χ1n) is 10.1. The van der Waals surface area contributed by atoms with Gasteiger partial charge in [0.2, 0.25) is 0 Å². The Morgan fingerprint density at radius 1 is 1.04 bits per heavy atom. The summed E-state index contributed by atoms with van der Waals surface area (Å²) in [6.45, 7) is 12.0. The number of rotatable bonds is 5. The van der Waals surface area contributed by atoms with Gasteiger partial charge in [-0.05, 0) is 56.5 Å². The molecule has 0 heterocycles. The minimum absolute atomic E-state index is 0.759. The van der Waals surface area contributed by atoms with Crippen molar-refractivity contribution < 1.29 is 4.79 Å². The van der Waals surface area contributed by atoms with Crippen LogP contribution in [-0.2, 0) is 4.79 Å². The van der Waals surface area contributed by atoms with Crippen LogP contribution in [0.5, 0.6) is 0 Å². The largest absolute Gasteiger partial charge is 0.388 e. The molecule has 0 bridgehead atoms. The second-order valence-electron chi connectivity index (χ2n) is 5.22. The maximum absolute atomic E-state index is 10.1. The average Bonchev–Trinajstić information content (AvgIpc) is 2.78. The Bertz CT molecular complexity index is 648. The number of hydrogen-bond donors (Lipinski definition) is 1. The number of carbonyl (C=O) groups is 1. The molecule has 3 nitrogen and oxygen atoms in total. The third-order valence-corrected chi connectivity index (χ3v) is 3.34. The highest BCUT2D eigenvalue weighted by molar-refractivity contribution is 5.66. The van der Waals surface area contributed by atoms with Crippen LogP contribution in [0.25, 0.3) is 0 Å². The molecule has 0 fully saturated rings. The highest BCUT2D eigenvalue weighted by Crippen LogP contribution is 2.18. The lowest BCUT2D eigenvalue weighted by Crippen LogP contribution is -1.88. The van der Waals surface area contributed by atoms with Gasteiger partial charge in [0.25, 0.3) is 0 Å². The molecule has 1 N–H and O–H groups in total. The van der Waals surface area contributed by atoms with E-state index in [1.165, 1.54) is 17.3 Å². The van der Waals surface area contributed by atoms with Crippen LogP contribution < -0.4 is 5.32 Å². The lowest BCUT2D eigenvalue weighted by atomic mass is 10.0. The van der Waals surface area contributed by atoms with Gasteiger partial charge >= 0.3 is 0 Å². The van der Waals surface area contributed by atoms with Gasteiger partial charge < -0.3 is 5.32 Å². The number of hydrogen-bond acceptors (Lipinski definition) is 3. The van der Waals surface area contributed by atoms with Crippen molar-refractivity contribution in [3.8, 4) is 0 Å². The van der Waals surface area contributed by atoms with Crippen LogP contribution in [0, 0.1) is 6.92 Å². The molecule has 0 unspecified atom stereocenters. The minimum atomic E-state index is 0.759. The Balaban J connectivity index is 0. The van der Waals surface area contributed by atoms with Crippen molar-refractivity contribution in [3.63, 3.8) is 0 Å². The number of allylic oxidation sites excluding steroid dienone is 6. The van der Waals surface area contributed by atoms with Gasteiger partial charge in [-0.1, -0.05) is 69.7 Å². The maximum atomic E-state index is 10.1. The van der Waals surface area contributed by atoms with Gasteiger partial charge in [-0.3, -0.25) is 9.79 Å². The number of aldehydes is 1. The molecule has 0 aromatic heterocycles. The zero-order valence-electron chi connectivity index (χ0n) is 18.7. The first kappa shape index (κ1) is 27.5. The number of benzene rings is 1. The molecule has 1 aliphatic carbocycles. The number of anilines is 1. The van der Waals surface area contributed by atoms with Crippen molar-refractivity contribution in [2.75, 3.05) is 12.4 Å². The Hall–Kier alpha value is -2.68. The third-order valence-electron chi connectivity index (χ3n) is 3.34. The average molecular weight is 383 g/mol. The molecule has 0 saturated heterocycles. The molecule has 0 atom stereocenters. The Morgan fingerprint density at radius 3 is 2.14 bits per heavy atom. The molecule has 0 aliphatic heterocycles. The fraction of sp³-hybridized carbons (Fsp3) is 0.360. The summed E-state index contributed by atoms with van der Waals surface area (Å²) < 4.78 is 0. The summed E-state index contributed by atoms with van der Waals surface area (Å²) in [5.41, 5.74) is 4.48. The molecule has 0 amide bonds. The highest BCUT2D eigenvalue weighted by atomic mass is 16.1. The van der Waals surface area contributed by atoms with Crippen LogP contribution in [0.1, 0.15) is 53.0 Å². The molecule has 2 rings (SSSR count). The molecular weight excluding hydrogens is 344 g/mol. The van der Waals surface area contributed by atoms with Crippen LogP contribution in [0.3, 0.4) is 0 Å². The van der Waals surface area contributed by atoms with Gasteiger partial charge in [0.05, 0.1) is 5.70 Å². The molecule has 0 spiro atoms. The summed E-state index contributed by atoms with van der Waals surface area (Å²) in [4.78, 5) is 14.4. The van der Waals surface area contributed by atoms with E-state index in [4.69, 9.17) is 0 Å². The van der Waals surface area contributed by atoms with Crippen LogP contribution in [0.2, 0.25) is 0 Å². The second kappa shape index (κ2) is 20.6. The molecule has 1 aromatic carbocycles. The van der Waals surface area contributed by atoms with E-state index in [2.05, 4.69) is 59.7 Å². The fourth-order valence-corrected chi connectivity index (χ4v) is 2.07. The highest BCUT2D eigenvalue weighted by Gasteiger charge is 2.01. The van der Waals surface area contributed by atoms with E-state index in [9.17, 15) is 4.79 Å². The van der Waals surface area contributed by atoms with Gasteiger partial charge in [-0.25, -0.2) is 0 Å². The summed E-state index contributed by atoms with van der Waals surface area (Å²) in [5, 5.41) is 3.05. The molecule has 28 heavy (non-hydrogen) atoms. The predicted octanol–water partition coefficient (Wildman–Crippen LogP) is 7.08. The minimum Gasteiger partial charge on any atom is -0.388 e. The molecular formula is C25H38N2O. The number of nitrogens with one attached hydrogen (secondary N) is 1. The lowest BCUT2D eigenvalue weighted by molar-refractivity contribution is -0.104. The first-order valence-corrected chi connectivity index (χ1v) is 10.1. The summed E-state index contributed by atoms with van der Waals surface area (Å²) in [5.74, 6) is 0. The number of aryl methyl sites for hydroxylation is 1. The number of aliphatic imine (C=N–C) groups is 1. The van der Waals surface area contributed by atoms with Crippen molar-refractivity contribution in [1.82, 2.24) is 0 Å². The van der Waals surface area contributed by atoms with E-state index in [0.29, 0.717) is 0 Å². The van der Waals surface area contributed by atoms with Gasteiger partial charge in [-0.2, -0.15) is 0 Å². The fourth-order valence-electron chi connectivity index (χ4n) is 2.07. The Morgan fingerprint density at radius 2 is 1.68 bits per heavy atom. The van der Waals surface area contributed by atoms with Gasteiger partial charge in [0.1, 0.15) is 6.29 Å². The number of nitrogens with zero attached hydrogens (tertiary/aromatic N) is 1. The lowest BCUT2D eigenvalue weighted by Gasteiger charge is -2.06. The van der Waals surface area contributed by atoms with Gasteiger partial charge in [0.15, 0.2) is 0 Å². The van der Waals surface area contributed by atoms with E-state index >= 15 is 0 Å². The van der Waals surface area contributed by atoms with E-state index in [1.54, 1.807) is 12.3 Å². The zero-order chi connectivity index (χ0) is 21.6. The zero-order valence-corrected chi connectivity index (χ0v) is 18.7. The summed E-state index contributed by atoms with van der Waals surface area (Å²) in [7, 11) is 1.92. The van der Waals surface area contributed by atoms with E-state index in [0.717, 1.165) is 30.4 Å². The van der Waals surface area contributed by atoms with Crippen molar-refractivity contribution in [2.24, 2.45) is 4.99 Å². The summed E-state index contributed by atoms with van der Waals surface area (Å²) in [6.07, 6.45) is 16.0. The van der Waals surface area contributed by atoms with Crippen molar-refractivity contribution in [3.05, 3.63) is 77.6 Å². The maximum Gasteiger partial charge on any atom is 0.142 e. The Kier molecular flexibility index (Phi) is 20.3. The van der Waals surface area contributed by atoms with Crippen LogP contribution in [-0.4, -0.2) is 19.5 Å². The second-order valence-corrected chi connectivity index (χ2v) is 5.22. The topological polar surface area (TPSA) is 41.5 Å². The first-order chi connectivity index (χ1) is 13.7. The van der Waals surface area contributed by atoms with E-state index in [1.807, 2.05) is 47.7 Å². The quantitative estimate of drug-likeness (QED) is 0.256. The summed E-state index contributed by atoms with van der Waals surface area (Å²) in [6, 6.07) is 8.31. The molecule has 3 heteroatoms. The van der Waals surface area contributed by atoms with Crippen molar-refractivity contribution in [1.29, 1.82) is 0 Å².